The molecule has 2 heterocycles. The van der Waals surface area contributed by atoms with E-state index in [1.807, 2.05) is 65.4 Å². The number of carbonyl (C=O) groups is 1. The molecule has 0 aliphatic heterocycles. The summed E-state index contributed by atoms with van der Waals surface area (Å²) in [5.41, 5.74) is 2.73. The van der Waals surface area contributed by atoms with Crippen molar-refractivity contribution in [1.29, 1.82) is 0 Å². The van der Waals surface area contributed by atoms with Gasteiger partial charge in [0.25, 0.3) is 5.91 Å². The van der Waals surface area contributed by atoms with Crippen molar-refractivity contribution in [2.75, 3.05) is 0 Å². The molecule has 0 fully saturated rings. The van der Waals surface area contributed by atoms with Crippen molar-refractivity contribution in [3.8, 4) is 0 Å². The second-order valence-electron chi connectivity index (χ2n) is 6.45. The third-order valence-electron chi connectivity index (χ3n) is 4.46. The zero-order valence-electron chi connectivity index (χ0n) is 15.2. The maximum atomic E-state index is 12.8. The molecule has 4 aromatic rings. The van der Waals surface area contributed by atoms with Gasteiger partial charge in [-0.15, -0.1) is 0 Å². The number of benzene rings is 2. The first-order valence-electron chi connectivity index (χ1n) is 9.02. The number of nitrogens with zero attached hydrogens (tertiary/aromatic N) is 5. The Morgan fingerprint density at radius 1 is 0.964 bits per heavy atom. The van der Waals surface area contributed by atoms with Gasteiger partial charge in [0.15, 0.2) is 0 Å². The Morgan fingerprint density at radius 3 is 2.39 bits per heavy atom. The SMILES string of the molecule is O=C(N[C@@H](Cn1nccn1)c1ccccc1)c1ccc(Cn2ccnc2)cc1. The highest BCUT2D eigenvalue weighted by Gasteiger charge is 2.17. The van der Waals surface area contributed by atoms with Crippen molar-refractivity contribution in [3.63, 3.8) is 0 Å². The molecule has 0 bridgehead atoms. The van der Waals surface area contributed by atoms with Crippen LogP contribution in [0.15, 0.2) is 85.7 Å². The average molecular weight is 372 g/mol. The maximum Gasteiger partial charge on any atom is 0.251 e. The van der Waals surface area contributed by atoms with Crippen molar-refractivity contribution in [2.45, 2.75) is 19.1 Å². The summed E-state index contributed by atoms with van der Waals surface area (Å²) in [5, 5.41) is 11.4. The van der Waals surface area contributed by atoms with E-state index < -0.39 is 0 Å². The molecule has 1 atom stereocenters. The molecule has 7 heteroatoms. The summed E-state index contributed by atoms with van der Waals surface area (Å²) in [6.07, 6.45) is 8.69. The number of rotatable bonds is 7. The highest BCUT2D eigenvalue weighted by atomic mass is 16.1. The van der Waals surface area contributed by atoms with Crippen LogP contribution in [0.2, 0.25) is 0 Å². The first-order chi connectivity index (χ1) is 13.8. The molecule has 0 aliphatic rings. The lowest BCUT2D eigenvalue weighted by atomic mass is 10.1. The van der Waals surface area contributed by atoms with Gasteiger partial charge in [-0.1, -0.05) is 42.5 Å². The van der Waals surface area contributed by atoms with E-state index in [1.165, 1.54) is 0 Å². The van der Waals surface area contributed by atoms with Crippen LogP contribution < -0.4 is 5.32 Å². The Bertz CT molecular complexity index is 995. The first kappa shape index (κ1) is 17.7. The summed E-state index contributed by atoms with van der Waals surface area (Å²) in [5.74, 6) is -0.129. The van der Waals surface area contributed by atoms with Gasteiger partial charge in [0, 0.05) is 24.5 Å². The molecular weight excluding hydrogens is 352 g/mol. The molecule has 1 N–H and O–H groups in total. The molecule has 2 aromatic heterocycles. The Morgan fingerprint density at radius 2 is 1.71 bits per heavy atom. The Kier molecular flexibility index (Phi) is 5.24. The fraction of sp³-hybridized carbons (Fsp3) is 0.143. The monoisotopic (exact) mass is 372 g/mol. The van der Waals surface area contributed by atoms with Gasteiger partial charge in [-0.05, 0) is 23.3 Å². The van der Waals surface area contributed by atoms with E-state index in [0.29, 0.717) is 12.1 Å². The largest absolute Gasteiger partial charge is 0.343 e. The van der Waals surface area contributed by atoms with Gasteiger partial charge in [-0.2, -0.15) is 15.0 Å². The van der Waals surface area contributed by atoms with E-state index >= 15 is 0 Å². The predicted molar refractivity (Wildman–Crippen MR) is 104 cm³/mol. The Hall–Kier alpha value is -3.74. The lowest BCUT2D eigenvalue weighted by molar-refractivity contribution is 0.0930. The van der Waals surface area contributed by atoms with Gasteiger partial charge in [-0.3, -0.25) is 4.79 Å². The molecule has 1 amide bonds. The highest BCUT2D eigenvalue weighted by Crippen LogP contribution is 2.16. The Balaban J connectivity index is 1.47. The van der Waals surface area contributed by atoms with Crippen LogP contribution in [0.1, 0.15) is 27.5 Å². The smallest absolute Gasteiger partial charge is 0.251 e. The minimum absolute atomic E-state index is 0.129. The summed E-state index contributed by atoms with van der Waals surface area (Å²) >= 11 is 0. The van der Waals surface area contributed by atoms with Crippen LogP contribution in [0.5, 0.6) is 0 Å². The fourth-order valence-corrected chi connectivity index (χ4v) is 3.01. The van der Waals surface area contributed by atoms with Crippen LogP contribution in [0.25, 0.3) is 0 Å². The molecule has 0 saturated carbocycles. The van der Waals surface area contributed by atoms with Crippen LogP contribution in [-0.4, -0.2) is 30.5 Å². The first-order valence-corrected chi connectivity index (χ1v) is 9.02. The molecule has 0 saturated heterocycles. The molecule has 0 unspecified atom stereocenters. The van der Waals surface area contributed by atoms with Gasteiger partial charge in [-0.25, -0.2) is 4.98 Å². The van der Waals surface area contributed by atoms with Crippen molar-refractivity contribution < 1.29 is 4.79 Å². The van der Waals surface area contributed by atoms with Gasteiger partial charge in [0.1, 0.15) is 0 Å². The molecule has 0 radical (unpaired) electrons. The second-order valence-corrected chi connectivity index (χ2v) is 6.45. The second kappa shape index (κ2) is 8.30. The summed E-state index contributed by atoms with van der Waals surface area (Å²) in [4.78, 5) is 18.4. The Labute approximate surface area is 162 Å². The summed E-state index contributed by atoms with van der Waals surface area (Å²) < 4.78 is 1.98. The van der Waals surface area contributed by atoms with Crippen LogP contribution in [-0.2, 0) is 13.1 Å². The summed E-state index contributed by atoms with van der Waals surface area (Å²) in [6, 6.07) is 17.2. The van der Waals surface area contributed by atoms with Crippen molar-refractivity contribution in [2.24, 2.45) is 0 Å². The number of amides is 1. The third kappa shape index (κ3) is 4.32. The van der Waals surface area contributed by atoms with E-state index in [9.17, 15) is 4.79 Å². The van der Waals surface area contributed by atoms with E-state index in [0.717, 1.165) is 17.7 Å². The fourth-order valence-electron chi connectivity index (χ4n) is 3.01. The van der Waals surface area contributed by atoms with Gasteiger partial charge in [0.2, 0.25) is 0 Å². The van der Waals surface area contributed by atoms with Gasteiger partial charge >= 0.3 is 0 Å². The van der Waals surface area contributed by atoms with E-state index in [4.69, 9.17) is 0 Å². The number of nitrogens with one attached hydrogen (secondary N) is 1. The molecule has 4 rings (SSSR count). The molecule has 0 spiro atoms. The zero-order valence-corrected chi connectivity index (χ0v) is 15.2. The van der Waals surface area contributed by atoms with Crippen LogP contribution in [0.4, 0.5) is 0 Å². The van der Waals surface area contributed by atoms with E-state index in [-0.39, 0.29) is 11.9 Å². The predicted octanol–water partition coefficient (Wildman–Crippen LogP) is 2.69. The molecule has 140 valence electrons. The zero-order chi connectivity index (χ0) is 19.2. The number of imidazole rings is 1. The standard InChI is InChI=1S/C21H20N6O/c28-21(19-8-6-17(7-9-19)14-26-13-12-22-16-26)25-20(15-27-23-10-11-24-27)18-4-2-1-3-5-18/h1-13,16,20H,14-15H2,(H,25,28)/t20-/m0/s1. The lowest BCUT2D eigenvalue weighted by Gasteiger charge is -2.19. The van der Waals surface area contributed by atoms with Gasteiger partial charge in [0.05, 0.1) is 31.3 Å². The van der Waals surface area contributed by atoms with Crippen molar-refractivity contribution >= 4 is 5.91 Å². The topological polar surface area (TPSA) is 77.6 Å². The molecule has 7 nitrogen and oxygen atoms in total. The van der Waals surface area contributed by atoms with Crippen molar-refractivity contribution in [1.82, 2.24) is 29.9 Å². The molecule has 28 heavy (non-hydrogen) atoms. The van der Waals surface area contributed by atoms with Crippen molar-refractivity contribution in [3.05, 3.63) is 102 Å². The minimum atomic E-state index is -0.230. The molecule has 0 aliphatic carbocycles. The normalized spacial score (nSPS) is 11.9. The highest BCUT2D eigenvalue weighted by molar-refractivity contribution is 5.94. The van der Waals surface area contributed by atoms with Crippen LogP contribution in [0, 0.1) is 0 Å². The summed E-state index contributed by atoms with van der Waals surface area (Å²) in [7, 11) is 0. The third-order valence-corrected chi connectivity index (χ3v) is 4.46. The van der Waals surface area contributed by atoms with Crippen LogP contribution in [0.3, 0.4) is 0 Å². The number of aromatic nitrogens is 5. The average Bonchev–Trinajstić information content (AvgIpc) is 3.43. The quantitative estimate of drug-likeness (QED) is 0.541. The minimum Gasteiger partial charge on any atom is -0.343 e. The van der Waals surface area contributed by atoms with Crippen LogP contribution >= 0.6 is 0 Å². The number of carbonyl (C=O) groups excluding carboxylic acids is 1. The maximum absolute atomic E-state index is 12.8. The van der Waals surface area contributed by atoms with E-state index in [2.05, 4.69) is 20.5 Å². The lowest BCUT2D eigenvalue weighted by Crippen LogP contribution is -2.32. The van der Waals surface area contributed by atoms with E-state index in [1.54, 1.807) is 29.7 Å². The molecular formula is C21H20N6O. The van der Waals surface area contributed by atoms with Gasteiger partial charge < -0.3 is 9.88 Å². The number of hydrogen-bond donors (Lipinski definition) is 1. The summed E-state index contributed by atoms with van der Waals surface area (Å²) in [6.45, 7) is 1.18. The molecule has 2 aromatic carbocycles. The number of hydrogen-bond acceptors (Lipinski definition) is 4.